The molecule has 2 rings (SSSR count). The van der Waals surface area contributed by atoms with Crippen molar-refractivity contribution in [1.82, 2.24) is 4.98 Å². The molecule has 0 radical (unpaired) electrons. The second-order valence-corrected chi connectivity index (χ2v) is 5.14. The van der Waals surface area contributed by atoms with E-state index in [0.29, 0.717) is 0 Å². The summed E-state index contributed by atoms with van der Waals surface area (Å²) in [5.41, 5.74) is 2.01. The van der Waals surface area contributed by atoms with Gasteiger partial charge in [0.2, 0.25) is 0 Å². The Balaban J connectivity index is 2.18. The summed E-state index contributed by atoms with van der Waals surface area (Å²) in [6.07, 6.45) is 0.884. The summed E-state index contributed by atoms with van der Waals surface area (Å²) in [6, 6.07) is 10.2. The van der Waals surface area contributed by atoms with Gasteiger partial charge < -0.3 is 4.90 Å². The maximum absolute atomic E-state index is 10.8. The maximum Gasteiger partial charge on any atom is 0.161 e. The number of aryl methyl sites for hydroxylation is 1. The molecule has 18 heavy (non-hydrogen) atoms. The first-order chi connectivity index (χ1) is 8.74. The number of anilines is 1. The lowest BCUT2D eigenvalue weighted by Crippen LogP contribution is -2.21. The van der Waals surface area contributed by atoms with Crippen LogP contribution >= 0.6 is 11.3 Å². The molecular formula is C14H16N2OS. The molecule has 0 aliphatic carbocycles. The number of aromatic nitrogens is 1. The van der Waals surface area contributed by atoms with Crippen molar-refractivity contribution in [3.05, 3.63) is 45.9 Å². The van der Waals surface area contributed by atoms with Crippen LogP contribution in [0.3, 0.4) is 0 Å². The molecule has 0 atom stereocenters. The minimum absolute atomic E-state index is 0.731. The molecule has 0 aliphatic heterocycles. The molecule has 94 valence electrons. The Morgan fingerprint density at radius 2 is 2.06 bits per heavy atom. The quantitative estimate of drug-likeness (QED) is 0.773. The van der Waals surface area contributed by atoms with E-state index in [1.807, 2.05) is 25.1 Å². The Morgan fingerprint density at radius 1 is 1.33 bits per heavy atom. The number of carbonyl (C=O) groups excluding carboxylic acids is 1. The summed E-state index contributed by atoms with van der Waals surface area (Å²) in [4.78, 5) is 18.2. The molecule has 4 heteroatoms. The van der Waals surface area contributed by atoms with Gasteiger partial charge in [-0.3, -0.25) is 4.79 Å². The largest absolute Gasteiger partial charge is 0.365 e. The molecule has 3 nitrogen and oxygen atoms in total. The molecule has 1 aromatic heterocycles. The lowest BCUT2D eigenvalue weighted by atomic mass is 10.3. The molecule has 0 aliphatic rings. The van der Waals surface area contributed by atoms with Gasteiger partial charge in [0, 0.05) is 12.2 Å². The summed E-state index contributed by atoms with van der Waals surface area (Å²) in [5, 5.41) is 0.986. The van der Waals surface area contributed by atoms with Crippen molar-refractivity contribution in [2.45, 2.75) is 20.4 Å². The molecule has 0 bridgehead atoms. The van der Waals surface area contributed by atoms with Crippen LogP contribution in [-0.2, 0) is 6.54 Å². The van der Waals surface area contributed by atoms with Crippen molar-refractivity contribution in [2.75, 3.05) is 11.4 Å². The van der Waals surface area contributed by atoms with Crippen molar-refractivity contribution in [2.24, 2.45) is 0 Å². The van der Waals surface area contributed by atoms with Crippen molar-refractivity contribution in [3.8, 4) is 0 Å². The number of thiazole rings is 1. The van der Waals surface area contributed by atoms with E-state index in [1.54, 1.807) is 0 Å². The Morgan fingerprint density at radius 3 is 2.61 bits per heavy atom. The molecule has 0 fully saturated rings. The number of carbonyl (C=O) groups is 1. The number of nitrogens with zero attached hydrogens (tertiary/aromatic N) is 2. The zero-order valence-electron chi connectivity index (χ0n) is 10.6. The number of aldehydes is 1. The van der Waals surface area contributed by atoms with Gasteiger partial charge in [0.05, 0.1) is 17.1 Å². The van der Waals surface area contributed by atoms with Gasteiger partial charge >= 0.3 is 0 Å². The fraction of sp³-hybridized carbons (Fsp3) is 0.286. The third-order valence-corrected chi connectivity index (χ3v) is 3.88. The highest BCUT2D eigenvalue weighted by atomic mass is 32.1. The van der Waals surface area contributed by atoms with Crippen LogP contribution in [0.25, 0.3) is 0 Å². The van der Waals surface area contributed by atoms with Crippen LogP contribution in [-0.4, -0.2) is 17.8 Å². The zero-order chi connectivity index (χ0) is 13.0. The summed E-state index contributed by atoms with van der Waals surface area (Å²) in [5.74, 6) is 0. The molecule has 0 unspecified atom stereocenters. The SMILES string of the molecule is CCN(Cc1nc(C)c(C=O)s1)c1ccccc1. The van der Waals surface area contributed by atoms with Gasteiger partial charge in [0.25, 0.3) is 0 Å². The zero-order valence-corrected chi connectivity index (χ0v) is 11.4. The third kappa shape index (κ3) is 2.76. The molecule has 1 aromatic carbocycles. The number of hydrogen-bond donors (Lipinski definition) is 0. The highest BCUT2D eigenvalue weighted by Gasteiger charge is 2.10. The van der Waals surface area contributed by atoms with E-state index in [-0.39, 0.29) is 0 Å². The van der Waals surface area contributed by atoms with E-state index in [1.165, 1.54) is 17.0 Å². The van der Waals surface area contributed by atoms with E-state index in [4.69, 9.17) is 0 Å². The first-order valence-electron chi connectivity index (χ1n) is 5.96. The molecule has 0 N–H and O–H groups in total. The van der Waals surface area contributed by atoms with Crippen molar-refractivity contribution >= 4 is 23.3 Å². The van der Waals surface area contributed by atoms with Gasteiger partial charge in [-0.25, -0.2) is 4.98 Å². The molecular weight excluding hydrogens is 244 g/mol. The summed E-state index contributed by atoms with van der Waals surface area (Å²) >= 11 is 1.48. The Hall–Kier alpha value is -1.68. The second kappa shape index (κ2) is 5.78. The number of para-hydroxylation sites is 1. The Bertz CT molecular complexity index is 522. The van der Waals surface area contributed by atoms with Gasteiger partial charge in [-0.15, -0.1) is 11.3 Å². The van der Waals surface area contributed by atoms with Crippen LogP contribution in [0.4, 0.5) is 5.69 Å². The molecule has 0 saturated carbocycles. The predicted octanol–water partition coefficient (Wildman–Crippen LogP) is 3.29. The summed E-state index contributed by atoms with van der Waals surface area (Å²) in [7, 11) is 0. The highest BCUT2D eigenvalue weighted by Crippen LogP contribution is 2.21. The van der Waals surface area contributed by atoms with Crippen LogP contribution in [0.1, 0.15) is 27.3 Å². The fourth-order valence-corrected chi connectivity index (χ4v) is 2.73. The van der Waals surface area contributed by atoms with Gasteiger partial charge in [-0.05, 0) is 26.0 Å². The average molecular weight is 260 g/mol. The molecule has 2 aromatic rings. The summed E-state index contributed by atoms with van der Waals surface area (Å²) < 4.78 is 0. The minimum atomic E-state index is 0.731. The molecule has 0 spiro atoms. The van der Waals surface area contributed by atoms with E-state index in [9.17, 15) is 4.79 Å². The van der Waals surface area contributed by atoms with E-state index in [0.717, 1.165) is 35.0 Å². The lowest BCUT2D eigenvalue weighted by Gasteiger charge is -2.21. The summed E-state index contributed by atoms with van der Waals surface area (Å²) in [6.45, 7) is 5.66. The Kier molecular flexibility index (Phi) is 4.10. The topological polar surface area (TPSA) is 33.2 Å². The molecule has 0 amide bonds. The van der Waals surface area contributed by atoms with Crippen LogP contribution in [0.2, 0.25) is 0 Å². The van der Waals surface area contributed by atoms with Crippen LogP contribution in [0.15, 0.2) is 30.3 Å². The standard InChI is InChI=1S/C14H16N2OS/c1-3-16(12-7-5-4-6-8-12)9-14-15-11(2)13(10-17)18-14/h4-8,10H,3,9H2,1-2H3. The predicted molar refractivity (Wildman–Crippen MR) is 75.4 cm³/mol. The van der Waals surface area contributed by atoms with Crippen molar-refractivity contribution in [1.29, 1.82) is 0 Å². The van der Waals surface area contributed by atoms with Crippen LogP contribution < -0.4 is 4.90 Å². The van der Waals surface area contributed by atoms with Gasteiger partial charge in [0.1, 0.15) is 5.01 Å². The number of benzene rings is 1. The maximum atomic E-state index is 10.8. The Labute approximate surface area is 111 Å². The van der Waals surface area contributed by atoms with Crippen molar-refractivity contribution in [3.63, 3.8) is 0 Å². The van der Waals surface area contributed by atoms with Crippen LogP contribution in [0.5, 0.6) is 0 Å². The lowest BCUT2D eigenvalue weighted by molar-refractivity contribution is 0.112. The van der Waals surface area contributed by atoms with Crippen molar-refractivity contribution < 1.29 is 4.79 Å². The average Bonchev–Trinajstić information content (AvgIpc) is 2.77. The van der Waals surface area contributed by atoms with Gasteiger partial charge in [-0.2, -0.15) is 0 Å². The first kappa shape index (κ1) is 12.8. The van der Waals surface area contributed by atoms with E-state index < -0.39 is 0 Å². The molecule has 1 heterocycles. The molecule has 0 saturated heterocycles. The highest BCUT2D eigenvalue weighted by molar-refractivity contribution is 7.13. The monoisotopic (exact) mass is 260 g/mol. The second-order valence-electron chi connectivity index (χ2n) is 4.02. The fourth-order valence-electron chi connectivity index (χ4n) is 1.83. The van der Waals surface area contributed by atoms with Gasteiger partial charge in [-0.1, -0.05) is 18.2 Å². The van der Waals surface area contributed by atoms with E-state index >= 15 is 0 Å². The normalized spacial score (nSPS) is 10.3. The number of hydrogen-bond acceptors (Lipinski definition) is 4. The smallest absolute Gasteiger partial charge is 0.161 e. The van der Waals surface area contributed by atoms with Crippen LogP contribution in [0, 0.1) is 6.92 Å². The van der Waals surface area contributed by atoms with Gasteiger partial charge in [0.15, 0.2) is 6.29 Å². The van der Waals surface area contributed by atoms with E-state index in [2.05, 4.69) is 28.9 Å². The number of rotatable bonds is 5. The minimum Gasteiger partial charge on any atom is -0.365 e. The third-order valence-electron chi connectivity index (χ3n) is 2.81. The first-order valence-corrected chi connectivity index (χ1v) is 6.77.